The van der Waals surface area contributed by atoms with Gasteiger partial charge < -0.3 is 14.5 Å². The first-order chi connectivity index (χ1) is 11.2. The molecule has 3 rings (SSSR count). The topological polar surface area (TPSA) is 62.7 Å². The van der Waals surface area contributed by atoms with Crippen LogP contribution >= 0.6 is 0 Å². The van der Waals surface area contributed by atoms with E-state index < -0.39 is 0 Å². The Labute approximate surface area is 136 Å². The zero-order valence-corrected chi connectivity index (χ0v) is 13.3. The molecule has 1 unspecified atom stereocenters. The lowest BCUT2D eigenvalue weighted by Gasteiger charge is -2.35. The Morgan fingerprint density at radius 1 is 1.22 bits per heavy atom. The summed E-state index contributed by atoms with van der Waals surface area (Å²) in [4.78, 5) is 32.3. The molecule has 3 heterocycles. The summed E-state index contributed by atoms with van der Waals surface area (Å²) in [6, 6.07) is 3.87. The van der Waals surface area contributed by atoms with E-state index in [9.17, 15) is 9.59 Å². The molecule has 0 aliphatic carbocycles. The highest BCUT2D eigenvalue weighted by Crippen LogP contribution is 2.16. The maximum Gasteiger partial charge on any atom is 0.251 e. The van der Waals surface area contributed by atoms with Crippen LogP contribution in [-0.2, 0) is 20.7 Å². The van der Waals surface area contributed by atoms with Crippen LogP contribution in [0.2, 0.25) is 0 Å². The fourth-order valence-electron chi connectivity index (χ4n) is 3.11. The molecule has 2 aliphatic rings. The van der Waals surface area contributed by atoms with Crippen LogP contribution in [-0.4, -0.2) is 65.5 Å². The lowest BCUT2D eigenvalue weighted by molar-refractivity contribution is -0.146. The number of aryl methyl sites for hydroxylation is 1. The van der Waals surface area contributed by atoms with Crippen LogP contribution in [0.3, 0.4) is 0 Å². The first-order valence-corrected chi connectivity index (χ1v) is 8.31. The number of aromatic nitrogens is 1. The van der Waals surface area contributed by atoms with E-state index in [1.54, 1.807) is 12.4 Å². The second kappa shape index (κ2) is 7.55. The third kappa shape index (κ3) is 4.07. The Bertz CT molecular complexity index is 535. The Hall–Kier alpha value is -1.95. The van der Waals surface area contributed by atoms with Crippen molar-refractivity contribution in [3.8, 4) is 0 Å². The molecule has 1 aromatic rings. The zero-order valence-electron chi connectivity index (χ0n) is 13.3. The summed E-state index contributed by atoms with van der Waals surface area (Å²) in [6.45, 7) is 3.13. The molecule has 0 N–H and O–H groups in total. The van der Waals surface area contributed by atoms with Crippen molar-refractivity contribution in [2.45, 2.75) is 31.8 Å². The maximum absolute atomic E-state index is 12.3. The minimum absolute atomic E-state index is 0.0879. The minimum Gasteiger partial charge on any atom is -0.368 e. The summed E-state index contributed by atoms with van der Waals surface area (Å²) < 4.78 is 5.45. The molecule has 2 saturated heterocycles. The smallest absolute Gasteiger partial charge is 0.251 e. The number of carbonyl (C=O) groups is 2. The van der Waals surface area contributed by atoms with Crippen molar-refractivity contribution in [2.24, 2.45) is 0 Å². The summed E-state index contributed by atoms with van der Waals surface area (Å²) in [5, 5.41) is 0. The Morgan fingerprint density at radius 2 is 2.00 bits per heavy atom. The Morgan fingerprint density at radius 3 is 2.65 bits per heavy atom. The van der Waals surface area contributed by atoms with Gasteiger partial charge in [0, 0.05) is 51.6 Å². The Kier molecular flexibility index (Phi) is 5.23. The van der Waals surface area contributed by atoms with Crippen molar-refractivity contribution in [1.82, 2.24) is 14.8 Å². The first kappa shape index (κ1) is 15.9. The second-order valence-electron chi connectivity index (χ2n) is 6.07. The van der Waals surface area contributed by atoms with E-state index in [2.05, 4.69) is 4.98 Å². The largest absolute Gasteiger partial charge is 0.368 e. The number of hydrogen-bond donors (Lipinski definition) is 0. The molecule has 6 nitrogen and oxygen atoms in total. The summed E-state index contributed by atoms with van der Waals surface area (Å²) in [7, 11) is 0. The Balaban J connectivity index is 1.43. The molecule has 0 aromatic carbocycles. The molecular formula is C17H23N3O3. The van der Waals surface area contributed by atoms with Crippen molar-refractivity contribution >= 4 is 11.8 Å². The van der Waals surface area contributed by atoms with Gasteiger partial charge in [-0.2, -0.15) is 0 Å². The zero-order chi connectivity index (χ0) is 16.1. The van der Waals surface area contributed by atoms with Gasteiger partial charge in [0.15, 0.2) is 0 Å². The molecule has 6 heteroatoms. The molecule has 0 spiro atoms. The number of ether oxygens (including phenoxy) is 1. The summed E-state index contributed by atoms with van der Waals surface area (Å²) in [5.41, 5.74) is 1.08. The number of piperazine rings is 1. The third-order valence-corrected chi connectivity index (χ3v) is 4.50. The maximum atomic E-state index is 12.3. The molecule has 0 saturated carbocycles. The van der Waals surface area contributed by atoms with Gasteiger partial charge in [-0.3, -0.25) is 14.6 Å². The van der Waals surface area contributed by atoms with Crippen molar-refractivity contribution in [3.63, 3.8) is 0 Å². The van der Waals surface area contributed by atoms with Gasteiger partial charge in [0.1, 0.15) is 6.10 Å². The van der Waals surface area contributed by atoms with E-state index in [0.717, 1.165) is 18.4 Å². The van der Waals surface area contributed by atoms with Crippen LogP contribution in [0, 0.1) is 0 Å². The van der Waals surface area contributed by atoms with Crippen LogP contribution in [0.25, 0.3) is 0 Å². The van der Waals surface area contributed by atoms with E-state index in [1.807, 2.05) is 21.9 Å². The molecule has 1 aromatic heterocycles. The van der Waals surface area contributed by atoms with Gasteiger partial charge in [-0.05, 0) is 30.9 Å². The number of rotatable bonds is 4. The molecule has 124 valence electrons. The van der Waals surface area contributed by atoms with Crippen LogP contribution in [0.1, 0.15) is 24.8 Å². The van der Waals surface area contributed by atoms with Crippen molar-refractivity contribution in [2.75, 3.05) is 32.8 Å². The van der Waals surface area contributed by atoms with Crippen molar-refractivity contribution in [1.29, 1.82) is 0 Å². The van der Waals surface area contributed by atoms with Gasteiger partial charge in [0.05, 0.1) is 0 Å². The monoisotopic (exact) mass is 317 g/mol. The lowest BCUT2D eigenvalue weighted by atomic mass is 10.1. The normalized spacial score (nSPS) is 21.5. The SMILES string of the molecule is O=C(CCc1cccnc1)N1CCN(C(=O)C2CCCO2)CC1. The van der Waals surface area contributed by atoms with Crippen molar-refractivity contribution in [3.05, 3.63) is 30.1 Å². The van der Waals surface area contributed by atoms with E-state index in [-0.39, 0.29) is 17.9 Å². The number of amides is 2. The quantitative estimate of drug-likeness (QED) is 0.826. The van der Waals surface area contributed by atoms with Crippen LogP contribution in [0.15, 0.2) is 24.5 Å². The fourth-order valence-corrected chi connectivity index (χ4v) is 3.11. The van der Waals surface area contributed by atoms with E-state index in [1.165, 1.54) is 0 Å². The molecule has 2 amide bonds. The molecular weight excluding hydrogens is 294 g/mol. The minimum atomic E-state index is -0.261. The molecule has 1 atom stereocenters. The molecule has 23 heavy (non-hydrogen) atoms. The van der Waals surface area contributed by atoms with E-state index in [4.69, 9.17) is 4.74 Å². The highest BCUT2D eigenvalue weighted by atomic mass is 16.5. The molecule has 0 radical (unpaired) electrons. The van der Waals surface area contributed by atoms with Crippen molar-refractivity contribution < 1.29 is 14.3 Å². The van der Waals surface area contributed by atoms with Gasteiger partial charge in [-0.15, -0.1) is 0 Å². The van der Waals surface area contributed by atoms with Crippen LogP contribution in [0.5, 0.6) is 0 Å². The average molecular weight is 317 g/mol. The predicted octanol–water partition coefficient (Wildman–Crippen LogP) is 0.864. The van der Waals surface area contributed by atoms with Gasteiger partial charge in [0.2, 0.25) is 5.91 Å². The van der Waals surface area contributed by atoms with Gasteiger partial charge >= 0.3 is 0 Å². The highest BCUT2D eigenvalue weighted by Gasteiger charge is 2.31. The third-order valence-electron chi connectivity index (χ3n) is 4.50. The highest BCUT2D eigenvalue weighted by molar-refractivity contribution is 5.82. The number of hydrogen-bond acceptors (Lipinski definition) is 4. The number of nitrogens with zero attached hydrogens (tertiary/aromatic N) is 3. The molecule has 2 aliphatic heterocycles. The first-order valence-electron chi connectivity index (χ1n) is 8.31. The van der Waals surface area contributed by atoms with E-state index in [0.29, 0.717) is 45.6 Å². The summed E-state index contributed by atoms with van der Waals surface area (Å²) >= 11 is 0. The fraction of sp³-hybridized carbons (Fsp3) is 0.588. The second-order valence-corrected chi connectivity index (χ2v) is 6.07. The van der Waals surface area contributed by atoms with Gasteiger partial charge in [-0.1, -0.05) is 6.07 Å². The number of carbonyl (C=O) groups excluding carboxylic acids is 2. The van der Waals surface area contributed by atoms with Gasteiger partial charge in [-0.25, -0.2) is 0 Å². The van der Waals surface area contributed by atoms with E-state index >= 15 is 0 Å². The lowest BCUT2D eigenvalue weighted by Crippen LogP contribution is -2.52. The number of pyridine rings is 1. The summed E-state index contributed by atoms with van der Waals surface area (Å²) in [5.74, 6) is 0.239. The van der Waals surface area contributed by atoms with Crippen LogP contribution in [0.4, 0.5) is 0 Å². The predicted molar refractivity (Wildman–Crippen MR) is 84.7 cm³/mol. The average Bonchev–Trinajstić information content (AvgIpc) is 3.15. The van der Waals surface area contributed by atoms with Crippen LogP contribution < -0.4 is 0 Å². The van der Waals surface area contributed by atoms with Gasteiger partial charge in [0.25, 0.3) is 5.91 Å². The summed E-state index contributed by atoms with van der Waals surface area (Å²) in [6.07, 6.45) is 6.25. The standard InChI is InChI=1S/C17H23N3O3/c21-16(6-5-14-3-1-7-18-13-14)19-8-10-20(11-9-19)17(22)15-4-2-12-23-15/h1,3,7,13,15H,2,4-6,8-12H2. The molecule has 0 bridgehead atoms. The molecule has 2 fully saturated rings.